The van der Waals surface area contributed by atoms with Crippen molar-refractivity contribution in [3.05, 3.63) is 0 Å². The molecule has 58 valence electrons. The molecule has 0 bridgehead atoms. The summed E-state index contributed by atoms with van der Waals surface area (Å²) >= 11 is 17.6. The highest BCUT2D eigenvalue weighted by atomic mass is 35.8. The fraction of sp³-hybridized carbons (Fsp3) is 1.00. The summed E-state index contributed by atoms with van der Waals surface area (Å²) in [5.41, 5.74) is 0. The quantitative estimate of drug-likeness (QED) is 0.529. The molecular weight excluding hydrogens is 239 g/mol. The van der Waals surface area contributed by atoms with E-state index in [9.17, 15) is 0 Å². The second-order valence-electron chi connectivity index (χ2n) is 1.94. The van der Waals surface area contributed by atoms with Crippen LogP contribution in [0, 0.1) is 0 Å². The molecule has 0 aromatic carbocycles. The fourth-order valence-corrected chi connectivity index (χ4v) is 10.3. The topological polar surface area (TPSA) is 0 Å². The van der Waals surface area contributed by atoms with Crippen molar-refractivity contribution in [2.75, 3.05) is 0 Å². The molecule has 0 aliphatic carbocycles. The van der Waals surface area contributed by atoms with Gasteiger partial charge in [0.25, 0.3) is 0 Å². The minimum atomic E-state index is -2.37. The van der Waals surface area contributed by atoms with E-state index in [4.69, 9.17) is 33.2 Å². The maximum Gasteiger partial charge on any atom is 0.341 e. The van der Waals surface area contributed by atoms with E-state index >= 15 is 0 Å². The van der Waals surface area contributed by atoms with E-state index in [1.807, 2.05) is 0 Å². The van der Waals surface area contributed by atoms with Crippen molar-refractivity contribution in [2.24, 2.45) is 0 Å². The van der Waals surface area contributed by atoms with Crippen molar-refractivity contribution >= 4 is 58.3 Å². The second kappa shape index (κ2) is 5.22. The van der Waals surface area contributed by atoms with Gasteiger partial charge in [0, 0.05) is 19.0 Å². The average molecular weight is 248 g/mol. The van der Waals surface area contributed by atoms with E-state index in [0.29, 0.717) is 5.16 Å². The number of hydrogen-bond acceptors (Lipinski definition) is 0. The molecule has 0 saturated heterocycles. The lowest BCUT2D eigenvalue weighted by Gasteiger charge is -2.18. The van der Waals surface area contributed by atoms with Gasteiger partial charge >= 0.3 is 6.00 Å². The average Bonchev–Trinajstić information content (AvgIpc) is 1.80. The van der Waals surface area contributed by atoms with E-state index in [0.717, 1.165) is 25.1 Å². The van der Waals surface area contributed by atoms with Crippen LogP contribution < -0.4 is 0 Å². The lowest BCUT2D eigenvalue weighted by Crippen LogP contribution is -2.24. The van der Waals surface area contributed by atoms with Crippen LogP contribution in [-0.2, 0) is 0 Å². The Morgan fingerprint density at radius 1 is 1.30 bits per heavy atom. The lowest BCUT2D eigenvalue weighted by atomic mass is 10.9. The van der Waals surface area contributed by atoms with Gasteiger partial charge in [-0.25, -0.2) is 0 Å². The molecule has 0 heterocycles. The van der Waals surface area contributed by atoms with Crippen molar-refractivity contribution in [2.45, 2.75) is 24.3 Å². The van der Waals surface area contributed by atoms with E-state index in [1.54, 1.807) is 0 Å². The highest BCUT2D eigenvalue weighted by Crippen LogP contribution is 2.35. The van der Waals surface area contributed by atoms with Gasteiger partial charge in [0.1, 0.15) is 0 Å². The summed E-state index contributed by atoms with van der Waals surface area (Å²) in [6.45, 7) is 4.26. The third-order valence-corrected chi connectivity index (χ3v) is 10.9. The molecule has 0 fully saturated rings. The summed E-state index contributed by atoms with van der Waals surface area (Å²) < 4.78 is 0. The molecule has 1 unspecified atom stereocenters. The zero-order valence-electron chi connectivity index (χ0n) is 5.92. The SMILES string of the molecule is C[Si]CC([Si]C)[Si](Cl)(Cl)Cl. The third kappa shape index (κ3) is 4.41. The van der Waals surface area contributed by atoms with Crippen LogP contribution in [0.2, 0.25) is 24.3 Å². The minimum absolute atomic E-state index is 0.390. The number of rotatable bonds is 4. The van der Waals surface area contributed by atoms with Crippen molar-refractivity contribution in [3.63, 3.8) is 0 Å². The first-order valence-electron chi connectivity index (χ1n) is 2.91. The normalized spacial score (nSPS) is 15.3. The Morgan fingerprint density at radius 3 is 1.90 bits per heavy atom. The third-order valence-electron chi connectivity index (χ3n) is 1.15. The predicted octanol–water partition coefficient (Wildman–Crippen LogP) is 2.89. The second-order valence-corrected chi connectivity index (χ2v) is 13.8. The Hall–Kier alpha value is 1.52. The van der Waals surface area contributed by atoms with Crippen LogP contribution in [0.3, 0.4) is 0 Å². The van der Waals surface area contributed by atoms with Crippen LogP contribution in [0.15, 0.2) is 0 Å². The number of halogens is 3. The summed E-state index contributed by atoms with van der Waals surface area (Å²) in [7, 11) is 1.69. The van der Waals surface area contributed by atoms with Gasteiger partial charge in [-0.2, -0.15) is 0 Å². The van der Waals surface area contributed by atoms with Gasteiger partial charge in [-0.05, 0) is 5.16 Å². The first kappa shape index (κ1) is 11.5. The summed E-state index contributed by atoms with van der Waals surface area (Å²) in [4.78, 5) is 0. The molecule has 0 aliphatic heterocycles. The Labute approximate surface area is 82.4 Å². The van der Waals surface area contributed by atoms with Crippen LogP contribution in [0.4, 0.5) is 0 Å². The maximum atomic E-state index is 5.86. The first-order valence-corrected chi connectivity index (χ1v) is 11.3. The fourth-order valence-electron chi connectivity index (χ4n) is 0.586. The molecule has 4 radical (unpaired) electrons. The molecular formula is C4H9Cl3Si3. The van der Waals surface area contributed by atoms with Crippen LogP contribution >= 0.6 is 33.2 Å². The van der Waals surface area contributed by atoms with Crippen molar-refractivity contribution in [1.82, 2.24) is 0 Å². The largest absolute Gasteiger partial charge is 0.341 e. The van der Waals surface area contributed by atoms with Gasteiger partial charge in [0.05, 0.1) is 0 Å². The van der Waals surface area contributed by atoms with Gasteiger partial charge in [-0.1, -0.05) is 19.1 Å². The molecule has 0 aromatic heterocycles. The van der Waals surface area contributed by atoms with E-state index in [2.05, 4.69) is 13.1 Å². The van der Waals surface area contributed by atoms with Gasteiger partial charge in [-0.3, -0.25) is 0 Å². The van der Waals surface area contributed by atoms with Crippen molar-refractivity contribution in [3.8, 4) is 0 Å². The molecule has 1 atom stereocenters. The number of hydrogen-bond donors (Lipinski definition) is 0. The minimum Gasteiger partial charge on any atom is -0.126 e. The van der Waals surface area contributed by atoms with E-state index in [-0.39, 0.29) is 0 Å². The zero-order chi connectivity index (χ0) is 8.20. The molecule has 0 nitrogen and oxygen atoms in total. The highest BCUT2D eigenvalue weighted by Gasteiger charge is 2.34. The summed E-state index contributed by atoms with van der Waals surface area (Å²) in [6.07, 6.45) is 0. The zero-order valence-corrected chi connectivity index (χ0v) is 11.2. The van der Waals surface area contributed by atoms with Gasteiger partial charge in [0.15, 0.2) is 0 Å². The highest BCUT2D eigenvalue weighted by molar-refractivity contribution is 7.66. The molecule has 0 rings (SSSR count). The Morgan fingerprint density at radius 2 is 1.80 bits per heavy atom. The molecule has 0 spiro atoms. The summed E-state index contributed by atoms with van der Waals surface area (Å²) in [5.74, 6) is 0. The standard InChI is InChI=1S/C4H9Cl3Si3/c1-8-3-4(9-2)10(5,6)7/h4H,3H2,1-2H3. The predicted molar refractivity (Wildman–Crippen MR) is 55.1 cm³/mol. The van der Waals surface area contributed by atoms with Crippen LogP contribution in [-0.4, -0.2) is 25.0 Å². The molecule has 0 aliphatic rings. The van der Waals surface area contributed by atoms with E-state index < -0.39 is 6.00 Å². The van der Waals surface area contributed by atoms with E-state index in [1.165, 1.54) is 0 Å². The van der Waals surface area contributed by atoms with Gasteiger partial charge in [-0.15, -0.1) is 33.2 Å². The summed E-state index contributed by atoms with van der Waals surface area (Å²) in [6, 6.07) is -1.28. The maximum absolute atomic E-state index is 5.86. The van der Waals surface area contributed by atoms with Gasteiger partial charge in [0.2, 0.25) is 0 Å². The Kier molecular flexibility index (Phi) is 6.01. The van der Waals surface area contributed by atoms with Crippen molar-refractivity contribution in [1.29, 1.82) is 0 Å². The Balaban J connectivity index is 3.81. The van der Waals surface area contributed by atoms with Crippen LogP contribution in [0.25, 0.3) is 0 Å². The Bertz CT molecular complexity index is 92.2. The molecule has 0 saturated carbocycles. The monoisotopic (exact) mass is 246 g/mol. The molecule has 10 heavy (non-hydrogen) atoms. The molecule has 0 N–H and O–H groups in total. The smallest absolute Gasteiger partial charge is 0.126 e. The van der Waals surface area contributed by atoms with Crippen molar-refractivity contribution < 1.29 is 0 Å². The molecule has 0 amide bonds. The summed E-state index contributed by atoms with van der Waals surface area (Å²) in [5, 5.41) is 0.390. The molecule has 0 aromatic rings. The first-order chi connectivity index (χ1) is 4.52. The molecule has 6 heteroatoms. The van der Waals surface area contributed by atoms with Crippen LogP contribution in [0.5, 0.6) is 0 Å². The van der Waals surface area contributed by atoms with Gasteiger partial charge < -0.3 is 0 Å². The lowest BCUT2D eigenvalue weighted by molar-refractivity contribution is 1.29. The van der Waals surface area contributed by atoms with Crippen LogP contribution in [0.1, 0.15) is 0 Å².